The Kier molecular flexibility index (Phi) is 3.98. The van der Waals surface area contributed by atoms with E-state index in [0.717, 1.165) is 11.2 Å². The SMILES string of the molecule is C1CCC(SCCC2CNC2)CC1. The summed E-state index contributed by atoms with van der Waals surface area (Å²) in [6.45, 7) is 2.57. The molecule has 2 fully saturated rings. The average molecular weight is 199 g/mol. The second-order valence-electron chi connectivity index (χ2n) is 4.44. The molecule has 0 aromatic rings. The molecular formula is C11H21NS. The molecule has 0 atom stereocenters. The van der Waals surface area contributed by atoms with E-state index in [9.17, 15) is 0 Å². The summed E-state index contributed by atoms with van der Waals surface area (Å²) in [6, 6.07) is 0. The summed E-state index contributed by atoms with van der Waals surface area (Å²) in [5.41, 5.74) is 0. The molecule has 0 bridgehead atoms. The van der Waals surface area contributed by atoms with Crippen LogP contribution in [0.15, 0.2) is 0 Å². The van der Waals surface area contributed by atoms with Crippen LogP contribution >= 0.6 is 11.8 Å². The summed E-state index contributed by atoms with van der Waals surface area (Å²) in [7, 11) is 0. The molecule has 0 aromatic heterocycles. The molecule has 13 heavy (non-hydrogen) atoms. The van der Waals surface area contributed by atoms with Crippen molar-refractivity contribution >= 4 is 11.8 Å². The van der Waals surface area contributed by atoms with Crippen LogP contribution in [0.5, 0.6) is 0 Å². The van der Waals surface area contributed by atoms with Gasteiger partial charge in [-0.3, -0.25) is 0 Å². The van der Waals surface area contributed by atoms with Crippen LogP contribution in [0, 0.1) is 5.92 Å². The van der Waals surface area contributed by atoms with Gasteiger partial charge in [-0.15, -0.1) is 0 Å². The van der Waals surface area contributed by atoms with Crippen molar-refractivity contribution in [3.05, 3.63) is 0 Å². The van der Waals surface area contributed by atoms with Gasteiger partial charge in [-0.1, -0.05) is 19.3 Å². The lowest BCUT2D eigenvalue weighted by Gasteiger charge is -2.28. The van der Waals surface area contributed by atoms with Crippen molar-refractivity contribution < 1.29 is 0 Å². The van der Waals surface area contributed by atoms with Crippen molar-refractivity contribution in [1.29, 1.82) is 0 Å². The van der Waals surface area contributed by atoms with Gasteiger partial charge in [0, 0.05) is 5.25 Å². The highest BCUT2D eigenvalue weighted by atomic mass is 32.2. The molecule has 1 nitrogen and oxygen atoms in total. The van der Waals surface area contributed by atoms with E-state index in [1.807, 2.05) is 0 Å². The van der Waals surface area contributed by atoms with Gasteiger partial charge in [0.05, 0.1) is 0 Å². The number of hydrogen-bond acceptors (Lipinski definition) is 2. The third-order valence-corrected chi connectivity index (χ3v) is 4.71. The van der Waals surface area contributed by atoms with Crippen LogP contribution in [0.1, 0.15) is 38.5 Å². The molecule has 0 radical (unpaired) electrons. The predicted molar refractivity (Wildman–Crippen MR) is 60.3 cm³/mol. The zero-order valence-corrected chi connectivity index (χ0v) is 9.24. The fourth-order valence-corrected chi connectivity index (χ4v) is 3.66. The number of thioether (sulfide) groups is 1. The summed E-state index contributed by atoms with van der Waals surface area (Å²) >= 11 is 2.25. The Hall–Kier alpha value is 0.310. The van der Waals surface area contributed by atoms with Crippen molar-refractivity contribution in [2.75, 3.05) is 18.8 Å². The summed E-state index contributed by atoms with van der Waals surface area (Å²) in [6.07, 6.45) is 8.91. The highest BCUT2D eigenvalue weighted by Crippen LogP contribution is 2.29. The third kappa shape index (κ3) is 3.17. The smallest absolute Gasteiger partial charge is 0.00470 e. The Labute approximate surface area is 86.0 Å². The highest BCUT2D eigenvalue weighted by Gasteiger charge is 2.18. The van der Waals surface area contributed by atoms with E-state index < -0.39 is 0 Å². The van der Waals surface area contributed by atoms with Gasteiger partial charge < -0.3 is 5.32 Å². The fraction of sp³-hybridized carbons (Fsp3) is 1.00. The van der Waals surface area contributed by atoms with Gasteiger partial charge in [0.2, 0.25) is 0 Å². The van der Waals surface area contributed by atoms with Gasteiger partial charge in [0.1, 0.15) is 0 Å². The maximum atomic E-state index is 3.34. The Bertz CT molecular complexity index is 139. The van der Waals surface area contributed by atoms with Crippen molar-refractivity contribution in [2.24, 2.45) is 5.92 Å². The van der Waals surface area contributed by atoms with E-state index in [-0.39, 0.29) is 0 Å². The van der Waals surface area contributed by atoms with Gasteiger partial charge in [0.25, 0.3) is 0 Å². The van der Waals surface area contributed by atoms with Crippen LogP contribution in [0.2, 0.25) is 0 Å². The Morgan fingerprint density at radius 3 is 2.46 bits per heavy atom. The molecule has 1 aliphatic carbocycles. The molecule has 1 heterocycles. The monoisotopic (exact) mass is 199 g/mol. The van der Waals surface area contributed by atoms with Crippen molar-refractivity contribution in [3.8, 4) is 0 Å². The van der Waals surface area contributed by atoms with Crippen molar-refractivity contribution in [1.82, 2.24) is 5.32 Å². The van der Waals surface area contributed by atoms with Crippen LogP contribution in [-0.4, -0.2) is 24.1 Å². The molecule has 1 saturated carbocycles. The molecule has 0 unspecified atom stereocenters. The lowest BCUT2D eigenvalue weighted by Crippen LogP contribution is -2.42. The zero-order valence-electron chi connectivity index (χ0n) is 8.43. The van der Waals surface area contributed by atoms with E-state index >= 15 is 0 Å². The van der Waals surface area contributed by atoms with Crippen LogP contribution in [-0.2, 0) is 0 Å². The number of hydrogen-bond donors (Lipinski definition) is 1. The summed E-state index contributed by atoms with van der Waals surface area (Å²) < 4.78 is 0. The number of nitrogens with one attached hydrogen (secondary N) is 1. The minimum absolute atomic E-state index is 1.01. The third-order valence-electron chi connectivity index (χ3n) is 3.30. The molecule has 76 valence electrons. The van der Waals surface area contributed by atoms with Crippen molar-refractivity contribution in [3.63, 3.8) is 0 Å². The van der Waals surface area contributed by atoms with Gasteiger partial charge in [-0.2, -0.15) is 11.8 Å². The highest BCUT2D eigenvalue weighted by molar-refractivity contribution is 7.99. The molecule has 1 N–H and O–H groups in total. The molecule has 1 aliphatic heterocycles. The molecule has 0 spiro atoms. The maximum absolute atomic E-state index is 3.34. The first kappa shape index (κ1) is 9.85. The summed E-state index contributed by atoms with van der Waals surface area (Å²) in [5.74, 6) is 2.42. The van der Waals surface area contributed by atoms with E-state index in [1.54, 1.807) is 0 Å². The second kappa shape index (κ2) is 5.26. The minimum atomic E-state index is 1.01. The molecule has 2 aliphatic rings. The van der Waals surface area contributed by atoms with Crippen LogP contribution in [0.25, 0.3) is 0 Å². The Morgan fingerprint density at radius 1 is 1.08 bits per heavy atom. The lowest BCUT2D eigenvalue weighted by molar-refractivity contribution is 0.341. The fourth-order valence-electron chi connectivity index (χ4n) is 2.19. The molecule has 2 heteroatoms. The van der Waals surface area contributed by atoms with Crippen molar-refractivity contribution in [2.45, 2.75) is 43.8 Å². The van der Waals surface area contributed by atoms with Gasteiger partial charge in [0.15, 0.2) is 0 Å². The summed E-state index contributed by atoms with van der Waals surface area (Å²) in [4.78, 5) is 0. The number of rotatable bonds is 4. The van der Waals surface area contributed by atoms with Crippen LogP contribution in [0.4, 0.5) is 0 Å². The molecule has 2 rings (SSSR count). The quantitative estimate of drug-likeness (QED) is 0.747. The zero-order chi connectivity index (χ0) is 8.93. The second-order valence-corrected chi connectivity index (χ2v) is 5.85. The minimum Gasteiger partial charge on any atom is -0.316 e. The first-order valence-electron chi connectivity index (χ1n) is 5.77. The standard InChI is InChI=1S/C11H21NS/c1-2-4-11(5-3-1)13-7-6-10-8-12-9-10/h10-12H,1-9H2. The summed E-state index contributed by atoms with van der Waals surface area (Å²) in [5, 5.41) is 4.36. The topological polar surface area (TPSA) is 12.0 Å². The Balaban J connectivity index is 1.50. The van der Waals surface area contributed by atoms with E-state index in [0.29, 0.717) is 0 Å². The predicted octanol–water partition coefficient (Wildman–Crippen LogP) is 2.66. The van der Waals surface area contributed by atoms with E-state index in [4.69, 9.17) is 0 Å². The first-order valence-corrected chi connectivity index (χ1v) is 6.82. The average Bonchev–Trinajstić information content (AvgIpc) is 2.11. The normalized spacial score (nSPS) is 25.8. The first-order chi connectivity index (χ1) is 6.45. The van der Waals surface area contributed by atoms with E-state index in [1.165, 1.54) is 57.4 Å². The van der Waals surface area contributed by atoms with E-state index in [2.05, 4.69) is 17.1 Å². The van der Waals surface area contributed by atoms with Gasteiger partial charge in [-0.05, 0) is 44.0 Å². The largest absolute Gasteiger partial charge is 0.316 e. The molecule has 1 saturated heterocycles. The molecule has 0 aromatic carbocycles. The molecular weight excluding hydrogens is 178 g/mol. The maximum Gasteiger partial charge on any atom is 0.00470 e. The lowest BCUT2D eigenvalue weighted by atomic mass is 10.0. The van der Waals surface area contributed by atoms with Gasteiger partial charge >= 0.3 is 0 Å². The Morgan fingerprint density at radius 2 is 1.85 bits per heavy atom. The van der Waals surface area contributed by atoms with Crippen LogP contribution in [0.3, 0.4) is 0 Å². The van der Waals surface area contributed by atoms with Crippen LogP contribution < -0.4 is 5.32 Å². The van der Waals surface area contributed by atoms with Gasteiger partial charge in [-0.25, -0.2) is 0 Å². The molecule has 0 amide bonds.